The fraction of sp³-hybridized carbons (Fsp3) is 0.455. The van der Waals surface area contributed by atoms with Crippen molar-refractivity contribution in [2.75, 3.05) is 33.4 Å². The number of aliphatic hydroxyl groups excluding tert-OH is 1. The van der Waals surface area contributed by atoms with Gasteiger partial charge in [0, 0.05) is 26.2 Å². The highest BCUT2D eigenvalue weighted by atomic mass is 16.5. The molecule has 3 rings (SSSR count). The molecule has 2 aromatic rings. The molecule has 2 atom stereocenters. The molecule has 5 heteroatoms. The van der Waals surface area contributed by atoms with Gasteiger partial charge < -0.3 is 19.3 Å². The zero-order valence-electron chi connectivity index (χ0n) is 15.9. The molecule has 0 bridgehead atoms. The highest BCUT2D eigenvalue weighted by Crippen LogP contribution is 2.18. The van der Waals surface area contributed by atoms with Crippen LogP contribution in [0, 0.1) is 0 Å². The Balaban J connectivity index is 1.52. The fourth-order valence-corrected chi connectivity index (χ4v) is 3.34. The summed E-state index contributed by atoms with van der Waals surface area (Å²) in [5, 5.41) is 10.5. The van der Waals surface area contributed by atoms with Crippen LogP contribution in [0.1, 0.15) is 18.4 Å². The summed E-state index contributed by atoms with van der Waals surface area (Å²) in [6, 6.07) is 17.7. The number of ether oxygens (including phenoxy) is 3. The van der Waals surface area contributed by atoms with Crippen molar-refractivity contribution in [2.45, 2.75) is 31.6 Å². The van der Waals surface area contributed by atoms with E-state index in [0.717, 1.165) is 44.0 Å². The van der Waals surface area contributed by atoms with E-state index in [4.69, 9.17) is 14.2 Å². The first-order valence-electron chi connectivity index (χ1n) is 9.56. The lowest BCUT2D eigenvalue weighted by Gasteiger charge is -2.27. The van der Waals surface area contributed by atoms with Crippen molar-refractivity contribution >= 4 is 0 Å². The topological polar surface area (TPSA) is 51.2 Å². The third-order valence-corrected chi connectivity index (χ3v) is 4.71. The third-order valence-electron chi connectivity index (χ3n) is 4.71. The molecule has 0 saturated carbocycles. The molecule has 1 heterocycles. The standard InChI is InChI=1S/C22H29NO4/c1-25-20-9-11-21(12-10-20)27-17-19(24)15-23(16-22-8-5-13-26-22)14-18-6-3-2-4-7-18/h2-4,6-7,9-12,19,22,24H,5,8,13-17H2,1H3. The second-order valence-corrected chi connectivity index (χ2v) is 6.96. The predicted molar refractivity (Wildman–Crippen MR) is 105 cm³/mol. The maximum absolute atomic E-state index is 10.5. The molecule has 146 valence electrons. The van der Waals surface area contributed by atoms with Gasteiger partial charge in [-0.3, -0.25) is 4.90 Å². The molecule has 0 amide bonds. The lowest BCUT2D eigenvalue weighted by atomic mass is 10.1. The van der Waals surface area contributed by atoms with Gasteiger partial charge in [-0.1, -0.05) is 30.3 Å². The lowest BCUT2D eigenvalue weighted by Crippen LogP contribution is -2.39. The summed E-state index contributed by atoms with van der Waals surface area (Å²) in [6.07, 6.45) is 1.89. The predicted octanol–water partition coefficient (Wildman–Crippen LogP) is 3.12. The Kier molecular flexibility index (Phi) is 7.51. The molecule has 1 aliphatic rings. The van der Waals surface area contributed by atoms with Gasteiger partial charge in [-0.2, -0.15) is 0 Å². The summed E-state index contributed by atoms with van der Waals surface area (Å²) in [5.74, 6) is 1.51. The Morgan fingerprint density at radius 1 is 1.11 bits per heavy atom. The van der Waals surface area contributed by atoms with Crippen LogP contribution in [-0.4, -0.2) is 55.6 Å². The van der Waals surface area contributed by atoms with Gasteiger partial charge in [0.2, 0.25) is 0 Å². The van der Waals surface area contributed by atoms with Crippen molar-refractivity contribution in [3.8, 4) is 11.5 Å². The number of methoxy groups -OCH3 is 1. The van der Waals surface area contributed by atoms with E-state index in [1.165, 1.54) is 5.56 Å². The molecule has 27 heavy (non-hydrogen) atoms. The zero-order chi connectivity index (χ0) is 18.9. The fourth-order valence-electron chi connectivity index (χ4n) is 3.34. The Morgan fingerprint density at radius 3 is 2.52 bits per heavy atom. The van der Waals surface area contributed by atoms with Crippen LogP contribution in [0.3, 0.4) is 0 Å². The van der Waals surface area contributed by atoms with E-state index in [0.29, 0.717) is 6.54 Å². The van der Waals surface area contributed by atoms with Crippen LogP contribution in [0.25, 0.3) is 0 Å². The average Bonchev–Trinajstić information content (AvgIpc) is 3.20. The minimum absolute atomic E-state index is 0.253. The normalized spacial score (nSPS) is 17.8. The number of nitrogens with zero attached hydrogens (tertiary/aromatic N) is 1. The summed E-state index contributed by atoms with van der Waals surface area (Å²) in [4.78, 5) is 2.26. The Bertz CT molecular complexity index is 656. The Labute approximate surface area is 161 Å². The van der Waals surface area contributed by atoms with Crippen LogP contribution >= 0.6 is 0 Å². The molecule has 0 aliphatic carbocycles. The highest BCUT2D eigenvalue weighted by Gasteiger charge is 2.21. The highest BCUT2D eigenvalue weighted by molar-refractivity contribution is 5.31. The zero-order valence-corrected chi connectivity index (χ0v) is 15.9. The van der Waals surface area contributed by atoms with Crippen molar-refractivity contribution in [3.63, 3.8) is 0 Å². The number of hydrogen-bond acceptors (Lipinski definition) is 5. The van der Waals surface area contributed by atoms with Gasteiger partial charge in [-0.05, 0) is 42.7 Å². The maximum atomic E-state index is 10.5. The molecule has 0 radical (unpaired) electrons. The summed E-state index contributed by atoms with van der Waals surface area (Å²) < 4.78 is 16.7. The van der Waals surface area contributed by atoms with Gasteiger partial charge in [-0.25, -0.2) is 0 Å². The van der Waals surface area contributed by atoms with Gasteiger partial charge in [-0.15, -0.1) is 0 Å². The molecule has 2 unspecified atom stereocenters. The van der Waals surface area contributed by atoms with Gasteiger partial charge in [0.05, 0.1) is 13.2 Å². The van der Waals surface area contributed by atoms with Crippen LogP contribution in [0.2, 0.25) is 0 Å². The Morgan fingerprint density at radius 2 is 1.85 bits per heavy atom. The first kappa shape index (κ1) is 19.7. The minimum Gasteiger partial charge on any atom is -0.497 e. The van der Waals surface area contributed by atoms with E-state index < -0.39 is 6.10 Å². The van der Waals surface area contributed by atoms with Crippen molar-refractivity contribution in [1.29, 1.82) is 0 Å². The third kappa shape index (κ3) is 6.54. The van der Waals surface area contributed by atoms with Crippen LogP contribution in [0.4, 0.5) is 0 Å². The summed E-state index contributed by atoms with van der Waals surface area (Å²) >= 11 is 0. The number of benzene rings is 2. The number of hydrogen-bond donors (Lipinski definition) is 1. The molecule has 0 aromatic heterocycles. The van der Waals surface area contributed by atoms with Gasteiger partial charge in [0.1, 0.15) is 24.2 Å². The molecule has 1 aliphatic heterocycles. The van der Waals surface area contributed by atoms with Crippen molar-refractivity contribution < 1.29 is 19.3 Å². The van der Waals surface area contributed by atoms with Crippen molar-refractivity contribution in [1.82, 2.24) is 4.90 Å². The van der Waals surface area contributed by atoms with E-state index in [-0.39, 0.29) is 12.7 Å². The van der Waals surface area contributed by atoms with E-state index in [1.807, 2.05) is 42.5 Å². The van der Waals surface area contributed by atoms with E-state index in [9.17, 15) is 5.11 Å². The minimum atomic E-state index is -0.572. The monoisotopic (exact) mass is 371 g/mol. The molecule has 2 aromatic carbocycles. The molecule has 1 fully saturated rings. The van der Waals surface area contributed by atoms with Gasteiger partial charge in [0.25, 0.3) is 0 Å². The first-order chi connectivity index (χ1) is 13.2. The molecule has 1 saturated heterocycles. The van der Waals surface area contributed by atoms with E-state index in [2.05, 4.69) is 17.0 Å². The summed E-state index contributed by atoms with van der Waals surface area (Å²) in [7, 11) is 1.63. The Hall–Kier alpha value is -2.08. The number of aliphatic hydroxyl groups is 1. The molecule has 1 N–H and O–H groups in total. The van der Waals surface area contributed by atoms with Crippen LogP contribution in [-0.2, 0) is 11.3 Å². The largest absolute Gasteiger partial charge is 0.497 e. The van der Waals surface area contributed by atoms with Crippen LogP contribution in [0.15, 0.2) is 54.6 Å². The number of rotatable bonds is 10. The second-order valence-electron chi connectivity index (χ2n) is 6.96. The summed E-state index contributed by atoms with van der Waals surface area (Å²) in [5.41, 5.74) is 1.23. The molecular formula is C22H29NO4. The van der Waals surface area contributed by atoms with E-state index in [1.54, 1.807) is 7.11 Å². The molecule has 5 nitrogen and oxygen atoms in total. The van der Waals surface area contributed by atoms with E-state index >= 15 is 0 Å². The van der Waals surface area contributed by atoms with Crippen LogP contribution < -0.4 is 9.47 Å². The maximum Gasteiger partial charge on any atom is 0.119 e. The molecule has 0 spiro atoms. The molecular weight excluding hydrogens is 342 g/mol. The smallest absolute Gasteiger partial charge is 0.119 e. The second kappa shape index (κ2) is 10.3. The van der Waals surface area contributed by atoms with Gasteiger partial charge >= 0.3 is 0 Å². The van der Waals surface area contributed by atoms with Crippen molar-refractivity contribution in [3.05, 3.63) is 60.2 Å². The van der Waals surface area contributed by atoms with Gasteiger partial charge in [0.15, 0.2) is 0 Å². The average molecular weight is 371 g/mol. The first-order valence-corrected chi connectivity index (χ1v) is 9.56. The van der Waals surface area contributed by atoms with Crippen LogP contribution in [0.5, 0.6) is 11.5 Å². The lowest BCUT2D eigenvalue weighted by molar-refractivity contribution is 0.0313. The summed E-state index contributed by atoms with van der Waals surface area (Å²) in [6.45, 7) is 3.26. The quantitative estimate of drug-likeness (QED) is 0.695. The van der Waals surface area contributed by atoms with Crippen molar-refractivity contribution in [2.24, 2.45) is 0 Å². The SMILES string of the molecule is COc1ccc(OCC(O)CN(Cc2ccccc2)CC2CCCO2)cc1.